The summed E-state index contributed by atoms with van der Waals surface area (Å²) in [5, 5.41) is 2.80. The maximum atomic E-state index is 12.4. The number of amides is 2. The third-order valence-electron chi connectivity index (χ3n) is 3.52. The van der Waals surface area contributed by atoms with Gasteiger partial charge in [0, 0.05) is 30.9 Å². The molecule has 0 saturated carbocycles. The monoisotopic (exact) mass is 342 g/mol. The van der Waals surface area contributed by atoms with E-state index in [0.29, 0.717) is 34.9 Å². The second-order valence-corrected chi connectivity index (χ2v) is 5.53. The van der Waals surface area contributed by atoms with E-state index in [1.807, 2.05) is 6.92 Å². The van der Waals surface area contributed by atoms with E-state index in [0.717, 1.165) is 0 Å². The van der Waals surface area contributed by atoms with Crippen LogP contribution in [0, 0.1) is 0 Å². The van der Waals surface area contributed by atoms with Gasteiger partial charge in [0.05, 0.1) is 13.7 Å². The van der Waals surface area contributed by atoms with Gasteiger partial charge in [0.25, 0.3) is 11.8 Å². The highest BCUT2D eigenvalue weighted by Gasteiger charge is 2.12. The number of benzene rings is 2. The summed E-state index contributed by atoms with van der Waals surface area (Å²) in [5.41, 5.74) is 1.62. The zero-order chi connectivity index (χ0) is 18.4. The molecule has 0 aliphatic rings. The van der Waals surface area contributed by atoms with Crippen LogP contribution in [0.15, 0.2) is 42.5 Å². The largest absolute Gasteiger partial charge is 0.493 e. The first kappa shape index (κ1) is 18.3. The zero-order valence-corrected chi connectivity index (χ0v) is 14.8. The predicted octanol–water partition coefficient (Wildman–Crippen LogP) is 3.05. The van der Waals surface area contributed by atoms with Crippen LogP contribution in [0.3, 0.4) is 0 Å². The second kappa shape index (κ2) is 8.19. The van der Waals surface area contributed by atoms with Crippen molar-refractivity contribution in [3.63, 3.8) is 0 Å². The van der Waals surface area contributed by atoms with Gasteiger partial charge in [0.2, 0.25) is 0 Å². The van der Waals surface area contributed by atoms with Gasteiger partial charge in [-0.3, -0.25) is 9.59 Å². The SMILES string of the molecule is CCOc1ccc(C(=O)Nc2ccc(C(=O)N(C)C)cc2)cc1OC. The maximum absolute atomic E-state index is 12.4. The fourth-order valence-corrected chi connectivity index (χ4v) is 2.24. The van der Waals surface area contributed by atoms with Crippen LogP contribution in [0.4, 0.5) is 5.69 Å². The average Bonchev–Trinajstić information content (AvgIpc) is 2.62. The minimum Gasteiger partial charge on any atom is -0.493 e. The molecule has 0 aromatic heterocycles. The van der Waals surface area contributed by atoms with Crippen molar-refractivity contribution < 1.29 is 19.1 Å². The Morgan fingerprint density at radius 3 is 2.20 bits per heavy atom. The lowest BCUT2D eigenvalue weighted by Gasteiger charge is -2.12. The van der Waals surface area contributed by atoms with Gasteiger partial charge in [-0.1, -0.05) is 0 Å². The number of anilines is 1. The van der Waals surface area contributed by atoms with Crippen molar-refractivity contribution in [2.75, 3.05) is 33.1 Å². The molecule has 0 aliphatic heterocycles. The summed E-state index contributed by atoms with van der Waals surface area (Å²) >= 11 is 0. The molecule has 2 amide bonds. The number of carbonyl (C=O) groups excluding carboxylic acids is 2. The normalized spacial score (nSPS) is 10.1. The van der Waals surface area contributed by atoms with E-state index in [4.69, 9.17) is 9.47 Å². The van der Waals surface area contributed by atoms with Crippen LogP contribution in [0.5, 0.6) is 11.5 Å². The topological polar surface area (TPSA) is 67.9 Å². The molecule has 2 aromatic carbocycles. The third kappa shape index (κ3) is 4.50. The zero-order valence-electron chi connectivity index (χ0n) is 14.8. The van der Waals surface area contributed by atoms with E-state index >= 15 is 0 Å². The molecule has 0 spiro atoms. The standard InChI is InChI=1S/C19H22N2O4/c1-5-25-16-11-8-14(12-17(16)24-4)18(22)20-15-9-6-13(7-10-15)19(23)21(2)3/h6-12H,5H2,1-4H3,(H,20,22). The van der Waals surface area contributed by atoms with Gasteiger partial charge in [-0.25, -0.2) is 0 Å². The first-order valence-corrected chi connectivity index (χ1v) is 7.90. The molecule has 0 saturated heterocycles. The Bertz CT molecular complexity index is 755. The number of rotatable bonds is 6. The fourth-order valence-electron chi connectivity index (χ4n) is 2.24. The summed E-state index contributed by atoms with van der Waals surface area (Å²) in [6.07, 6.45) is 0. The van der Waals surface area contributed by atoms with Crippen LogP contribution in [-0.2, 0) is 0 Å². The smallest absolute Gasteiger partial charge is 0.255 e. The minimum atomic E-state index is -0.270. The first-order chi connectivity index (χ1) is 12.0. The van der Waals surface area contributed by atoms with E-state index in [1.54, 1.807) is 56.6 Å². The van der Waals surface area contributed by atoms with Gasteiger partial charge >= 0.3 is 0 Å². The van der Waals surface area contributed by atoms with Crippen molar-refractivity contribution in [3.8, 4) is 11.5 Å². The molecule has 1 N–H and O–H groups in total. The van der Waals surface area contributed by atoms with Crippen LogP contribution in [0.2, 0.25) is 0 Å². The quantitative estimate of drug-likeness (QED) is 0.876. The van der Waals surface area contributed by atoms with E-state index < -0.39 is 0 Å². The Balaban J connectivity index is 2.13. The highest BCUT2D eigenvalue weighted by atomic mass is 16.5. The van der Waals surface area contributed by atoms with Crippen molar-refractivity contribution in [1.29, 1.82) is 0 Å². The van der Waals surface area contributed by atoms with E-state index in [9.17, 15) is 9.59 Å². The van der Waals surface area contributed by atoms with Gasteiger partial charge in [0.1, 0.15) is 0 Å². The molecule has 0 fully saturated rings. The van der Waals surface area contributed by atoms with Crippen LogP contribution in [0.25, 0.3) is 0 Å². The number of carbonyl (C=O) groups is 2. The molecular weight excluding hydrogens is 320 g/mol. The number of methoxy groups -OCH3 is 1. The molecule has 2 aromatic rings. The molecule has 2 rings (SSSR count). The van der Waals surface area contributed by atoms with Gasteiger partial charge < -0.3 is 19.7 Å². The first-order valence-electron chi connectivity index (χ1n) is 7.90. The summed E-state index contributed by atoms with van der Waals surface area (Å²) in [6.45, 7) is 2.39. The highest BCUT2D eigenvalue weighted by molar-refractivity contribution is 6.05. The number of hydrogen-bond donors (Lipinski definition) is 1. The third-order valence-corrected chi connectivity index (χ3v) is 3.52. The Morgan fingerprint density at radius 1 is 1.00 bits per heavy atom. The molecule has 25 heavy (non-hydrogen) atoms. The van der Waals surface area contributed by atoms with Gasteiger partial charge in [-0.05, 0) is 49.4 Å². The fraction of sp³-hybridized carbons (Fsp3) is 0.263. The molecule has 132 valence electrons. The summed E-state index contributed by atoms with van der Waals surface area (Å²) < 4.78 is 10.7. The Morgan fingerprint density at radius 2 is 1.64 bits per heavy atom. The molecule has 6 nitrogen and oxygen atoms in total. The molecule has 0 aliphatic carbocycles. The lowest BCUT2D eigenvalue weighted by atomic mass is 10.1. The van der Waals surface area contributed by atoms with Gasteiger partial charge in [-0.15, -0.1) is 0 Å². The lowest BCUT2D eigenvalue weighted by Crippen LogP contribution is -2.21. The van der Waals surface area contributed by atoms with Crippen LogP contribution < -0.4 is 14.8 Å². The predicted molar refractivity (Wildman–Crippen MR) is 96.6 cm³/mol. The molecule has 0 heterocycles. The molecule has 6 heteroatoms. The minimum absolute atomic E-state index is 0.0888. The maximum Gasteiger partial charge on any atom is 0.255 e. The van der Waals surface area contributed by atoms with Crippen molar-refractivity contribution in [2.45, 2.75) is 6.92 Å². The molecule has 0 unspecified atom stereocenters. The van der Waals surface area contributed by atoms with E-state index in [1.165, 1.54) is 12.0 Å². The number of ether oxygens (including phenoxy) is 2. The van der Waals surface area contributed by atoms with Crippen molar-refractivity contribution >= 4 is 17.5 Å². The van der Waals surface area contributed by atoms with E-state index in [2.05, 4.69) is 5.32 Å². The van der Waals surface area contributed by atoms with Crippen LogP contribution >= 0.6 is 0 Å². The molecule has 0 atom stereocenters. The van der Waals surface area contributed by atoms with E-state index in [-0.39, 0.29) is 11.8 Å². The lowest BCUT2D eigenvalue weighted by molar-refractivity contribution is 0.0827. The second-order valence-electron chi connectivity index (χ2n) is 5.53. The summed E-state index contributed by atoms with van der Waals surface area (Å²) in [7, 11) is 4.91. The van der Waals surface area contributed by atoms with Crippen molar-refractivity contribution in [3.05, 3.63) is 53.6 Å². The van der Waals surface area contributed by atoms with Crippen molar-refractivity contribution in [2.24, 2.45) is 0 Å². The number of nitrogens with zero attached hydrogens (tertiary/aromatic N) is 1. The Labute approximate surface area is 147 Å². The molecular formula is C19H22N2O4. The highest BCUT2D eigenvalue weighted by Crippen LogP contribution is 2.28. The van der Waals surface area contributed by atoms with Crippen LogP contribution in [0.1, 0.15) is 27.6 Å². The molecule has 0 bridgehead atoms. The van der Waals surface area contributed by atoms with Crippen LogP contribution in [-0.4, -0.2) is 44.5 Å². The summed E-state index contributed by atoms with van der Waals surface area (Å²) in [4.78, 5) is 25.8. The van der Waals surface area contributed by atoms with Crippen molar-refractivity contribution in [1.82, 2.24) is 4.90 Å². The Hall–Kier alpha value is -3.02. The average molecular weight is 342 g/mol. The number of hydrogen-bond acceptors (Lipinski definition) is 4. The molecule has 0 radical (unpaired) electrons. The van der Waals surface area contributed by atoms with Gasteiger partial charge in [0.15, 0.2) is 11.5 Å². The number of nitrogens with one attached hydrogen (secondary N) is 1. The summed E-state index contributed by atoms with van der Waals surface area (Å²) in [6, 6.07) is 11.8. The summed E-state index contributed by atoms with van der Waals surface area (Å²) in [5.74, 6) is 0.733. The van der Waals surface area contributed by atoms with Gasteiger partial charge in [-0.2, -0.15) is 0 Å². The Kier molecular flexibility index (Phi) is 6.00.